The van der Waals surface area contributed by atoms with Crippen LogP contribution in [0, 0.1) is 6.92 Å². The van der Waals surface area contributed by atoms with Gasteiger partial charge in [-0.1, -0.05) is 17.7 Å². The molecule has 1 fully saturated rings. The van der Waals surface area contributed by atoms with Crippen LogP contribution in [0.1, 0.15) is 53.1 Å². The minimum atomic E-state index is -2.74. The number of imidazole rings is 1. The zero-order valence-corrected chi connectivity index (χ0v) is 20.9. The Labute approximate surface area is 215 Å². The fourth-order valence-electron chi connectivity index (χ4n) is 4.70. The van der Waals surface area contributed by atoms with Gasteiger partial charge in [0.2, 0.25) is 5.95 Å². The van der Waals surface area contributed by atoms with E-state index in [9.17, 15) is 23.1 Å². The number of anilines is 2. The Kier molecular flexibility index (Phi) is 6.35. The molecule has 0 saturated carbocycles. The third kappa shape index (κ3) is 4.75. The van der Waals surface area contributed by atoms with E-state index >= 15 is 0 Å². The quantitative estimate of drug-likeness (QED) is 0.302. The molecule has 2 N–H and O–H groups in total. The molecular weight excluding hydrogens is 509 g/mol. The van der Waals surface area contributed by atoms with Crippen molar-refractivity contribution >= 4 is 45.8 Å². The third-order valence-electron chi connectivity index (χ3n) is 6.52. The van der Waals surface area contributed by atoms with Gasteiger partial charge in [0.25, 0.3) is 5.92 Å². The number of carbonyl (C=O) groups is 1. The van der Waals surface area contributed by atoms with Gasteiger partial charge in [-0.15, -0.1) is 0 Å². The van der Waals surface area contributed by atoms with E-state index in [1.165, 1.54) is 6.07 Å². The molecule has 0 aliphatic carbocycles. The number of aromatic carboxylic acids is 1. The standard InChI is InChI=1S/C25H24ClF3N6O2/c1-13-9-16(14(2)30-18-3-4-19(26)32-21(18)23(36)37)20-17(10-13)22-31-15(11-27)12-35(22)24(33-20)34-7-5-25(28,29)6-8-34/h3-4,9-10,12,14,30H,5-8,11H2,1-2H3,(H,36,37)/t14-/m1/s1. The molecule has 0 spiro atoms. The van der Waals surface area contributed by atoms with E-state index in [1.807, 2.05) is 26.0 Å². The molecule has 0 amide bonds. The van der Waals surface area contributed by atoms with Crippen molar-refractivity contribution < 1.29 is 23.1 Å². The van der Waals surface area contributed by atoms with Gasteiger partial charge in [-0.2, -0.15) is 0 Å². The summed E-state index contributed by atoms with van der Waals surface area (Å²) in [7, 11) is 0. The molecular formula is C25H24ClF3N6O2. The highest BCUT2D eigenvalue weighted by Gasteiger charge is 2.35. The zero-order chi connectivity index (χ0) is 26.5. The number of nitrogens with zero attached hydrogens (tertiary/aromatic N) is 5. The molecule has 0 unspecified atom stereocenters. The van der Waals surface area contributed by atoms with Gasteiger partial charge in [0.15, 0.2) is 5.69 Å². The van der Waals surface area contributed by atoms with Crippen molar-refractivity contribution in [3.63, 3.8) is 0 Å². The number of aromatic nitrogens is 4. The largest absolute Gasteiger partial charge is 0.476 e. The van der Waals surface area contributed by atoms with Crippen molar-refractivity contribution in [3.8, 4) is 0 Å². The maximum absolute atomic E-state index is 13.9. The summed E-state index contributed by atoms with van der Waals surface area (Å²) >= 11 is 5.89. The summed E-state index contributed by atoms with van der Waals surface area (Å²) in [6.07, 6.45) is 0.935. The number of nitrogens with one attached hydrogen (secondary N) is 1. The maximum Gasteiger partial charge on any atom is 0.356 e. The van der Waals surface area contributed by atoms with E-state index < -0.39 is 24.6 Å². The number of hydrogen-bond donors (Lipinski definition) is 2. The van der Waals surface area contributed by atoms with Crippen LogP contribution < -0.4 is 10.2 Å². The number of hydrogen-bond acceptors (Lipinski definition) is 6. The molecule has 0 radical (unpaired) electrons. The van der Waals surface area contributed by atoms with Crippen molar-refractivity contribution in [3.05, 3.63) is 58.1 Å². The molecule has 0 bridgehead atoms. The first-order valence-electron chi connectivity index (χ1n) is 11.7. The molecule has 5 rings (SSSR count). The first-order valence-corrected chi connectivity index (χ1v) is 12.1. The Morgan fingerprint density at radius 3 is 2.62 bits per heavy atom. The molecule has 12 heteroatoms. The highest BCUT2D eigenvalue weighted by atomic mass is 35.5. The number of halogens is 4. The molecule has 194 valence electrons. The van der Waals surface area contributed by atoms with E-state index in [2.05, 4.69) is 15.3 Å². The summed E-state index contributed by atoms with van der Waals surface area (Å²) < 4.78 is 43.0. The summed E-state index contributed by atoms with van der Waals surface area (Å²) in [5.41, 5.74) is 2.92. The van der Waals surface area contributed by atoms with Gasteiger partial charge in [-0.05, 0) is 37.6 Å². The van der Waals surface area contributed by atoms with Crippen LogP contribution in [0.2, 0.25) is 5.15 Å². The van der Waals surface area contributed by atoms with Crippen LogP contribution in [0.25, 0.3) is 16.6 Å². The van der Waals surface area contributed by atoms with Crippen LogP contribution in [-0.2, 0) is 6.67 Å². The molecule has 8 nitrogen and oxygen atoms in total. The monoisotopic (exact) mass is 532 g/mol. The van der Waals surface area contributed by atoms with Crippen molar-refractivity contribution in [1.82, 2.24) is 19.4 Å². The molecule has 37 heavy (non-hydrogen) atoms. The summed E-state index contributed by atoms with van der Waals surface area (Å²) in [5, 5.41) is 13.5. The summed E-state index contributed by atoms with van der Waals surface area (Å²) in [5.74, 6) is -3.56. The van der Waals surface area contributed by atoms with Crippen LogP contribution in [-0.4, -0.2) is 49.4 Å². The van der Waals surface area contributed by atoms with Crippen molar-refractivity contribution in [2.45, 2.75) is 45.3 Å². The number of carboxylic acids is 1. The van der Waals surface area contributed by atoms with Crippen LogP contribution in [0.5, 0.6) is 0 Å². The smallest absolute Gasteiger partial charge is 0.356 e. The summed E-state index contributed by atoms with van der Waals surface area (Å²) in [6, 6.07) is 6.41. The van der Waals surface area contributed by atoms with E-state index in [4.69, 9.17) is 16.6 Å². The highest BCUT2D eigenvalue weighted by molar-refractivity contribution is 6.29. The van der Waals surface area contributed by atoms with Gasteiger partial charge in [-0.25, -0.2) is 32.9 Å². The number of rotatable bonds is 6. The highest BCUT2D eigenvalue weighted by Crippen LogP contribution is 2.35. The lowest BCUT2D eigenvalue weighted by molar-refractivity contribution is -0.0222. The number of fused-ring (bicyclic) bond motifs is 3. The van der Waals surface area contributed by atoms with Gasteiger partial charge in [-0.3, -0.25) is 4.40 Å². The fourth-order valence-corrected chi connectivity index (χ4v) is 4.85. The average Bonchev–Trinajstić information content (AvgIpc) is 3.29. The van der Waals surface area contributed by atoms with Gasteiger partial charge >= 0.3 is 5.97 Å². The van der Waals surface area contributed by atoms with Gasteiger partial charge in [0, 0.05) is 43.1 Å². The predicted molar refractivity (Wildman–Crippen MR) is 135 cm³/mol. The number of carboxylic acid groups (broad SMARTS) is 1. The van der Waals surface area contributed by atoms with Crippen LogP contribution >= 0.6 is 11.6 Å². The lowest BCUT2D eigenvalue weighted by Gasteiger charge is -2.33. The Hall–Kier alpha value is -3.60. The number of piperidine rings is 1. The molecule has 1 aliphatic rings. The minimum Gasteiger partial charge on any atom is -0.476 e. The zero-order valence-electron chi connectivity index (χ0n) is 20.1. The fraction of sp³-hybridized carbons (Fsp3) is 0.360. The number of benzene rings is 1. The first-order chi connectivity index (χ1) is 17.6. The number of pyridine rings is 1. The summed E-state index contributed by atoms with van der Waals surface area (Å²) in [6.45, 7) is 3.16. The van der Waals surface area contributed by atoms with Crippen LogP contribution in [0.4, 0.5) is 24.8 Å². The normalized spacial score (nSPS) is 16.3. The van der Waals surface area contributed by atoms with E-state index in [0.717, 1.165) is 11.1 Å². The Morgan fingerprint density at radius 1 is 1.22 bits per heavy atom. The molecule has 1 atom stereocenters. The topological polar surface area (TPSA) is 95.6 Å². The van der Waals surface area contributed by atoms with Gasteiger partial charge in [0.05, 0.1) is 22.9 Å². The van der Waals surface area contributed by atoms with E-state index in [1.54, 1.807) is 21.6 Å². The first kappa shape index (κ1) is 25.1. The number of alkyl halides is 3. The van der Waals surface area contributed by atoms with Crippen molar-refractivity contribution in [2.24, 2.45) is 0 Å². The number of aryl methyl sites for hydroxylation is 1. The van der Waals surface area contributed by atoms with Crippen molar-refractivity contribution in [1.29, 1.82) is 0 Å². The molecule has 4 heterocycles. The molecule has 1 aromatic carbocycles. The second-order valence-corrected chi connectivity index (χ2v) is 9.65. The predicted octanol–water partition coefficient (Wildman–Crippen LogP) is 5.82. The Bertz CT molecular complexity index is 1520. The van der Waals surface area contributed by atoms with E-state index in [-0.39, 0.29) is 48.2 Å². The third-order valence-corrected chi connectivity index (χ3v) is 6.74. The van der Waals surface area contributed by atoms with Crippen LogP contribution in [0.3, 0.4) is 0 Å². The van der Waals surface area contributed by atoms with E-state index in [0.29, 0.717) is 22.5 Å². The lowest BCUT2D eigenvalue weighted by atomic mass is 10.0. The molecule has 1 aliphatic heterocycles. The van der Waals surface area contributed by atoms with Crippen LogP contribution in [0.15, 0.2) is 30.5 Å². The average molecular weight is 533 g/mol. The molecule has 4 aromatic rings. The Balaban J connectivity index is 1.66. The lowest BCUT2D eigenvalue weighted by Crippen LogP contribution is -2.40. The van der Waals surface area contributed by atoms with Gasteiger partial charge in [0.1, 0.15) is 17.5 Å². The SMILES string of the molecule is Cc1cc([C@@H](C)Nc2ccc(Cl)nc2C(=O)O)c2nc(N3CCC(F)(F)CC3)n3cc(CF)nc3c2c1. The maximum atomic E-state index is 13.9. The molecule has 3 aromatic heterocycles. The minimum absolute atomic E-state index is 0.0559. The molecule has 1 saturated heterocycles. The van der Waals surface area contributed by atoms with Crippen molar-refractivity contribution in [2.75, 3.05) is 23.3 Å². The Morgan fingerprint density at radius 2 is 1.95 bits per heavy atom. The second kappa shape index (κ2) is 9.37. The summed E-state index contributed by atoms with van der Waals surface area (Å²) in [4.78, 5) is 26.8. The second-order valence-electron chi connectivity index (χ2n) is 9.27. The van der Waals surface area contributed by atoms with Gasteiger partial charge < -0.3 is 15.3 Å².